The van der Waals surface area contributed by atoms with Crippen LogP contribution in [0, 0.1) is 5.92 Å². The molecule has 28 heavy (non-hydrogen) atoms. The first kappa shape index (κ1) is 18.2. The van der Waals surface area contributed by atoms with Gasteiger partial charge in [0.15, 0.2) is 0 Å². The molecule has 0 saturated carbocycles. The van der Waals surface area contributed by atoms with Crippen LogP contribution in [0.3, 0.4) is 0 Å². The second-order valence-electron chi connectivity index (χ2n) is 7.02. The van der Waals surface area contributed by atoms with Gasteiger partial charge >= 0.3 is 0 Å². The normalized spacial score (nSPS) is 16.8. The lowest BCUT2D eigenvalue weighted by Crippen LogP contribution is -2.43. The Kier molecular flexibility index (Phi) is 5.37. The van der Waals surface area contributed by atoms with Gasteiger partial charge in [0, 0.05) is 37.6 Å². The van der Waals surface area contributed by atoms with Gasteiger partial charge in [-0.05, 0) is 35.7 Å². The van der Waals surface area contributed by atoms with Gasteiger partial charge in [-0.1, -0.05) is 30.3 Å². The third-order valence-electron chi connectivity index (χ3n) is 5.28. The molecule has 0 radical (unpaired) electrons. The Labute approximate surface area is 164 Å². The van der Waals surface area contributed by atoms with Crippen LogP contribution in [-0.4, -0.2) is 36.1 Å². The standard InChI is InChI=1S/C22H24N4O2/c1-28-20-10-9-16-6-2-3-8-18(16)19(20)14-25-21(27)17-7-4-13-26(15-17)22-23-11-5-12-24-22/h2-3,5-6,8-12,17H,4,7,13-15H2,1H3,(H,25,27). The molecule has 2 aromatic carbocycles. The van der Waals surface area contributed by atoms with Crippen molar-refractivity contribution in [2.45, 2.75) is 19.4 Å². The maximum absolute atomic E-state index is 12.9. The van der Waals surface area contributed by atoms with Gasteiger partial charge in [0.1, 0.15) is 5.75 Å². The topological polar surface area (TPSA) is 67.3 Å². The van der Waals surface area contributed by atoms with Gasteiger partial charge in [-0.25, -0.2) is 9.97 Å². The van der Waals surface area contributed by atoms with Gasteiger partial charge in [0.25, 0.3) is 0 Å². The minimum Gasteiger partial charge on any atom is -0.496 e. The van der Waals surface area contributed by atoms with E-state index >= 15 is 0 Å². The molecule has 6 heteroatoms. The highest BCUT2D eigenvalue weighted by atomic mass is 16.5. The first-order valence-corrected chi connectivity index (χ1v) is 9.60. The van der Waals surface area contributed by atoms with Crippen molar-refractivity contribution in [3.05, 3.63) is 60.4 Å². The highest BCUT2D eigenvalue weighted by molar-refractivity contribution is 5.88. The molecule has 1 aromatic heterocycles. The Morgan fingerprint density at radius 1 is 1.18 bits per heavy atom. The molecule has 1 unspecified atom stereocenters. The summed E-state index contributed by atoms with van der Waals surface area (Å²) < 4.78 is 5.53. The van der Waals surface area contributed by atoms with Crippen LogP contribution in [-0.2, 0) is 11.3 Å². The number of carbonyl (C=O) groups is 1. The number of carbonyl (C=O) groups excluding carboxylic acids is 1. The van der Waals surface area contributed by atoms with Crippen LogP contribution >= 0.6 is 0 Å². The third kappa shape index (κ3) is 3.76. The molecule has 6 nitrogen and oxygen atoms in total. The largest absolute Gasteiger partial charge is 0.496 e. The van der Waals surface area contributed by atoms with Crippen molar-refractivity contribution in [1.29, 1.82) is 0 Å². The zero-order valence-corrected chi connectivity index (χ0v) is 16.0. The van der Waals surface area contributed by atoms with E-state index in [2.05, 4.69) is 32.3 Å². The first-order valence-electron chi connectivity index (χ1n) is 9.60. The lowest BCUT2D eigenvalue weighted by Gasteiger charge is -2.32. The summed E-state index contributed by atoms with van der Waals surface area (Å²) in [4.78, 5) is 23.6. The number of nitrogens with zero attached hydrogens (tertiary/aromatic N) is 3. The summed E-state index contributed by atoms with van der Waals surface area (Å²) in [5.41, 5.74) is 1.01. The van der Waals surface area contributed by atoms with E-state index < -0.39 is 0 Å². The molecule has 1 amide bonds. The first-order chi connectivity index (χ1) is 13.8. The van der Waals surface area contributed by atoms with E-state index in [1.807, 2.05) is 24.3 Å². The number of hydrogen-bond acceptors (Lipinski definition) is 5. The monoisotopic (exact) mass is 376 g/mol. The Hall–Kier alpha value is -3.15. The number of benzene rings is 2. The molecular weight excluding hydrogens is 352 g/mol. The number of ether oxygens (including phenoxy) is 1. The van der Waals surface area contributed by atoms with Gasteiger partial charge in [-0.2, -0.15) is 0 Å². The van der Waals surface area contributed by atoms with Gasteiger partial charge in [0.05, 0.1) is 13.0 Å². The van der Waals surface area contributed by atoms with Gasteiger partial charge in [-0.3, -0.25) is 4.79 Å². The van der Waals surface area contributed by atoms with Crippen LogP contribution in [0.25, 0.3) is 10.8 Å². The molecule has 1 aliphatic heterocycles. The maximum atomic E-state index is 12.9. The van der Waals surface area contributed by atoms with Crippen LogP contribution in [0.2, 0.25) is 0 Å². The summed E-state index contributed by atoms with van der Waals surface area (Å²) >= 11 is 0. The number of anilines is 1. The van der Waals surface area contributed by atoms with Crippen molar-refractivity contribution in [2.24, 2.45) is 5.92 Å². The number of piperidine rings is 1. The summed E-state index contributed by atoms with van der Waals surface area (Å²) in [6.45, 7) is 1.97. The van der Waals surface area contributed by atoms with Crippen molar-refractivity contribution in [2.75, 3.05) is 25.1 Å². The number of aromatic nitrogens is 2. The average Bonchev–Trinajstić information content (AvgIpc) is 2.77. The van der Waals surface area contributed by atoms with E-state index in [1.54, 1.807) is 25.6 Å². The van der Waals surface area contributed by atoms with E-state index in [0.29, 0.717) is 19.0 Å². The summed E-state index contributed by atoms with van der Waals surface area (Å²) in [6, 6.07) is 13.9. The summed E-state index contributed by atoms with van der Waals surface area (Å²) in [6.07, 6.45) is 5.30. The number of methoxy groups -OCH3 is 1. The van der Waals surface area contributed by atoms with Crippen LogP contribution < -0.4 is 15.0 Å². The average molecular weight is 376 g/mol. The highest BCUT2D eigenvalue weighted by Gasteiger charge is 2.27. The number of hydrogen-bond donors (Lipinski definition) is 1. The SMILES string of the molecule is COc1ccc2ccccc2c1CNC(=O)C1CCCN(c2ncccn2)C1. The second kappa shape index (κ2) is 8.25. The van der Waals surface area contributed by atoms with Crippen LogP contribution in [0.15, 0.2) is 54.9 Å². The second-order valence-corrected chi connectivity index (χ2v) is 7.02. The predicted octanol–water partition coefficient (Wildman–Crippen LogP) is 3.17. The van der Waals surface area contributed by atoms with Crippen LogP contribution in [0.1, 0.15) is 18.4 Å². The molecule has 144 valence electrons. The summed E-state index contributed by atoms with van der Waals surface area (Å²) in [7, 11) is 1.66. The van der Waals surface area contributed by atoms with Crippen molar-refractivity contribution in [3.8, 4) is 5.75 Å². The van der Waals surface area contributed by atoms with Crippen molar-refractivity contribution < 1.29 is 9.53 Å². The molecule has 1 aliphatic rings. The fraction of sp³-hybridized carbons (Fsp3) is 0.318. The molecule has 1 N–H and O–H groups in total. The van der Waals surface area contributed by atoms with E-state index in [1.165, 1.54) is 0 Å². The summed E-state index contributed by atoms with van der Waals surface area (Å²) in [5.74, 6) is 1.48. The Morgan fingerprint density at radius 3 is 2.82 bits per heavy atom. The lowest BCUT2D eigenvalue weighted by atomic mass is 9.97. The van der Waals surface area contributed by atoms with Gasteiger partial charge < -0.3 is 15.0 Å². The Bertz CT molecular complexity index is 961. The van der Waals surface area contributed by atoms with Crippen molar-refractivity contribution >= 4 is 22.6 Å². The molecule has 1 saturated heterocycles. The van der Waals surface area contributed by atoms with E-state index in [0.717, 1.165) is 41.5 Å². The number of fused-ring (bicyclic) bond motifs is 1. The number of nitrogens with one attached hydrogen (secondary N) is 1. The van der Waals surface area contributed by atoms with E-state index in [-0.39, 0.29) is 11.8 Å². The minimum absolute atomic E-state index is 0.0654. The zero-order chi connectivity index (χ0) is 19.3. The van der Waals surface area contributed by atoms with Gasteiger partial charge in [-0.15, -0.1) is 0 Å². The lowest BCUT2D eigenvalue weighted by molar-refractivity contribution is -0.125. The van der Waals surface area contributed by atoms with Crippen molar-refractivity contribution in [1.82, 2.24) is 15.3 Å². The Morgan fingerprint density at radius 2 is 2.00 bits per heavy atom. The minimum atomic E-state index is -0.0708. The molecule has 0 bridgehead atoms. The fourth-order valence-corrected chi connectivity index (χ4v) is 3.84. The van der Waals surface area contributed by atoms with E-state index in [9.17, 15) is 4.79 Å². The molecule has 4 rings (SSSR count). The molecular formula is C22H24N4O2. The molecule has 0 aliphatic carbocycles. The molecule has 3 aromatic rings. The quantitative estimate of drug-likeness (QED) is 0.741. The fourth-order valence-electron chi connectivity index (χ4n) is 3.84. The Balaban J connectivity index is 1.47. The summed E-state index contributed by atoms with van der Waals surface area (Å²) in [5, 5.41) is 5.36. The number of rotatable bonds is 5. The zero-order valence-electron chi connectivity index (χ0n) is 16.0. The third-order valence-corrected chi connectivity index (χ3v) is 5.28. The van der Waals surface area contributed by atoms with Crippen LogP contribution in [0.5, 0.6) is 5.75 Å². The van der Waals surface area contributed by atoms with E-state index in [4.69, 9.17) is 4.74 Å². The molecule has 2 heterocycles. The smallest absolute Gasteiger partial charge is 0.225 e. The molecule has 0 spiro atoms. The van der Waals surface area contributed by atoms with Gasteiger partial charge in [0.2, 0.25) is 11.9 Å². The van der Waals surface area contributed by atoms with Crippen molar-refractivity contribution in [3.63, 3.8) is 0 Å². The maximum Gasteiger partial charge on any atom is 0.225 e. The van der Waals surface area contributed by atoms with Crippen LogP contribution in [0.4, 0.5) is 5.95 Å². The molecule has 1 atom stereocenters. The predicted molar refractivity (Wildman–Crippen MR) is 109 cm³/mol. The highest BCUT2D eigenvalue weighted by Crippen LogP contribution is 2.28. The number of amides is 1. The molecule has 1 fully saturated rings.